The number of carbonyl (C=O) groups excluding carboxylic acids is 1. The van der Waals surface area contributed by atoms with Crippen LogP contribution in [-0.4, -0.2) is 12.1 Å². The number of hydrogen-bond acceptors (Lipinski definition) is 2. The lowest BCUT2D eigenvalue weighted by atomic mass is 9.75. The number of carbonyl (C=O) groups is 1. The van der Waals surface area contributed by atoms with Gasteiger partial charge in [-0.15, -0.1) is 0 Å². The van der Waals surface area contributed by atoms with Crippen molar-refractivity contribution in [3.8, 4) is 0 Å². The van der Waals surface area contributed by atoms with Gasteiger partial charge in [0.2, 0.25) is 0 Å². The number of esters is 1. The molecule has 0 N–H and O–H groups in total. The van der Waals surface area contributed by atoms with Crippen LogP contribution in [-0.2, 0) is 9.53 Å². The van der Waals surface area contributed by atoms with Gasteiger partial charge in [-0.3, -0.25) is 4.79 Å². The van der Waals surface area contributed by atoms with E-state index in [2.05, 4.69) is 52.0 Å². The second kappa shape index (κ2) is 17.6. The average Bonchev–Trinajstić information content (AvgIpc) is 2.70. The molecule has 1 fully saturated rings. The number of hydrogen-bond donors (Lipinski definition) is 0. The zero-order valence-corrected chi connectivity index (χ0v) is 20.5. The predicted octanol–water partition coefficient (Wildman–Crippen LogP) is 8.80. The van der Waals surface area contributed by atoms with Crippen LogP contribution in [0.5, 0.6) is 0 Å². The van der Waals surface area contributed by atoms with Gasteiger partial charge in [0.15, 0.2) is 0 Å². The Kier molecular flexibility index (Phi) is 15.8. The van der Waals surface area contributed by atoms with E-state index in [1.807, 2.05) is 0 Å². The summed E-state index contributed by atoms with van der Waals surface area (Å²) in [6.45, 7) is 9.07. The van der Waals surface area contributed by atoms with Crippen molar-refractivity contribution < 1.29 is 9.53 Å². The lowest BCUT2D eigenvalue weighted by Gasteiger charge is -2.36. The molecule has 0 spiro atoms. The van der Waals surface area contributed by atoms with E-state index < -0.39 is 0 Å². The molecule has 1 aliphatic carbocycles. The van der Waals surface area contributed by atoms with Crippen molar-refractivity contribution in [2.45, 2.75) is 130 Å². The fourth-order valence-electron chi connectivity index (χ4n) is 4.56. The van der Waals surface area contributed by atoms with Gasteiger partial charge in [-0.1, -0.05) is 90.5 Å². The molecule has 0 amide bonds. The molecule has 30 heavy (non-hydrogen) atoms. The minimum atomic E-state index is 0.0328. The normalized spacial score (nSPS) is 22.4. The Bertz CT molecular complexity index is 477. The third kappa shape index (κ3) is 13.3. The second-order valence-electron chi connectivity index (χ2n) is 9.84. The lowest BCUT2D eigenvalue weighted by Crippen LogP contribution is -2.35. The minimum absolute atomic E-state index is 0.0328. The van der Waals surface area contributed by atoms with Crippen LogP contribution >= 0.6 is 0 Å². The first kappa shape index (κ1) is 27.0. The fraction of sp³-hybridized carbons (Fsp3) is 0.821. The van der Waals surface area contributed by atoms with Crippen LogP contribution in [0.4, 0.5) is 0 Å². The van der Waals surface area contributed by atoms with Crippen LogP contribution in [0.25, 0.3) is 0 Å². The Morgan fingerprint density at radius 3 is 2.20 bits per heavy atom. The summed E-state index contributed by atoms with van der Waals surface area (Å²) in [7, 11) is 0. The summed E-state index contributed by atoms with van der Waals surface area (Å²) in [5.74, 6) is 1.88. The number of rotatable bonds is 16. The first-order valence-corrected chi connectivity index (χ1v) is 13.0. The van der Waals surface area contributed by atoms with Gasteiger partial charge in [-0.05, 0) is 69.1 Å². The molecule has 0 aromatic carbocycles. The van der Waals surface area contributed by atoms with Crippen LogP contribution < -0.4 is 0 Å². The maximum absolute atomic E-state index is 12.3. The zero-order chi connectivity index (χ0) is 22.0. The van der Waals surface area contributed by atoms with Crippen molar-refractivity contribution in [2.24, 2.45) is 17.8 Å². The maximum Gasteiger partial charge on any atom is 0.306 e. The lowest BCUT2D eigenvalue weighted by molar-refractivity contribution is -0.156. The Hall–Kier alpha value is -1.05. The van der Waals surface area contributed by atoms with E-state index in [0.29, 0.717) is 24.2 Å². The van der Waals surface area contributed by atoms with E-state index in [9.17, 15) is 4.79 Å². The minimum Gasteiger partial charge on any atom is -0.462 e. The van der Waals surface area contributed by atoms with E-state index in [1.165, 1.54) is 64.2 Å². The van der Waals surface area contributed by atoms with E-state index >= 15 is 0 Å². The van der Waals surface area contributed by atoms with Crippen LogP contribution in [0.2, 0.25) is 0 Å². The Morgan fingerprint density at radius 1 is 0.900 bits per heavy atom. The average molecular weight is 419 g/mol. The molecule has 0 aromatic rings. The largest absolute Gasteiger partial charge is 0.462 e. The molecular formula is C28H50O2. The molecule has 3 atom stereocenters. The molecule has 0 saturated heterocycles. The van der Waals surface area contributed by atoms with Crippen LogP contribution in [0, 0.1) is 17.8 Å². The van der Waals surface area contributed by atoms with Crippen molar-refractivity contribution in [3.05, 3.63) is 24.3 Å². The van der Waals surface area contributed by atoms with Gasteiger partial charge in [-0.2, -0.15) is 0 Å². The van der Waals surface area contributed by atoms with Gasteiger partial charge < -0.3 is 4.74 Å². The second-order valence-corrected chi connectivity index (χ2v) is 9.84. The highest BCUT2D eigenvalue weighted by molar-refractivity contribution is 5.69. The highest BCUT2D eigenvalue weighted by atomic mass is 16.5. The number of ether oxygens (including phenoxy) is 1. The summed E-state index contributed by atoms with van der Waals surface area (Å²) in [5, 5.41) is 0. The summed E-state index contributed by atoms with van der Waals surface area (Å²) in [6, 6.07) is 0. The first-order chi connectivity index (χ1) is 14.5. The van der Waals surface area contributed by atoms with Crippen molar-refractivity contribution >= 4 is 5.97 Å². The molecular weight excluding hydrogens is 368 g/mol. The smallest absolute Gasteiger partial charge is 0.306 e. The molecule has 3 unspecified atom stereocenters. The fourth-order valence-corrected chi connectivity index (χ4v) is 4.56. The molecule has 0 aliphatic heterocycles. The molecule has 1 aliphatic rings. The van der Waals surface area contributed by atoms with Crippen LogP contribution in [0.1, 0.15) is 124 Å². The third-order valence-corrected chi connectivity index (χ3v) is 6.58. The molecule has 0 heterocycles. The quantitative estimate of drug-likeness (QED) is 0.142. The summed E-state index contributed by atoms with van der Waals surface area (Å²) in [4.78, 5) is 12.3. The Labute approximate surface area is 187 Å². The Morgan fingerprint density at radius 2 is 1.53 bits per heavy atom. The van der Waals surface area contributed by atoms with Crippen LogP contribution in [0.3, 0.4) is 0 Å². The van der Waals surface area contributed by atoms with E-state index in [4.69, 9.17) is 4.74 Å². The molecule has 2 heteroatoms. The number of allylic oxidation sites excluding steroid dienone is 4. The zero-order valence-electron chi connectivity index (χ0n) is 20.5. The predicted molar refractivity (Wildman–Crippen MR) is 131 cm³/mol. The molecule has 2 nitrogen and oxygen atoms in total. The first-order valence-electron chi connectivity index (χ1n) is 13.0. The van der Waals surface area contributed by atoms with Crippen molar-refractivity contribution in [2.75, 3.05) is 0 Å². The molecule has 0 bridgehead atoms. The van der Waals surface area contributed by atoms with Crippen molar-refractivity contribution in [1.82, 2.24) is 0 Å². The SMILES string of the molecule is CCCCC/C=C\C/C=C\CCCCCCCC(=O)OC1CC(C)CCC1C(C)C. The summed E-state index contributed by atoms with van der Waals surface area (Å²) in [5.41, 5.74) is 0. The maximum atomic E-state index is 12.3. The van der Waals surface area contributed by atoms with Gasteiger partial charge in [0.05, 0.1) is 0 Å². The molecule has 1 rings (SSSR count). The molecule has 1 saturated carbocycles. The summed E-state index contributed by atoms with van der Waals surface area (Å²) < 4.78 is 5.90. The standard InChI is InChI=1S/C28H50O2/c1-5-6-7-8-9-10-11-12-13-14-15-16-17-18-19-20-28(29)30-27-23-25(4)21-22-26(27)24(2)3/h9-10,12-13,24-27H,5-8,11,14-23H2,1-4H3/b10-9-,13-12-. The van der Waals surface area contributed by atoms with Gasteiger partial charge in [0, 0.05) is 6.42 Å². The van der Waals surface area contributed by atoms with Crippen molar-refractivity contribution in [3.63, 3.8) is 0 Å². The monoisotopic (exact) mass is 418 g/mol. The third-order valence-electron chi connectivity index (χ3n) is 6.58. The highest BCUT2D eigenvalue weighted by Crippen LogP contribution is 2.35. The topological polar surface area (TPSA) is 26.3 Å². The van der Waals surface area contributed by atoms with Crippen LogP contribution in [0.15, 0.2) is 24.3 Å². The summed E-state index contributed by atoms with van der Waals surface area (Å²) >= 11 is 0. The molecule has 174 valence electrons. The molecule has 0 radical (unpaired) electrons. The summed E-state index contributed by atoms with van der Waals surface area (Å²) in [6.07, 6.45) is 26.9. The van der Waals surface area contributed by atoms with Gasteiger partial charge in [0.25, 0.3) is 0 Å². The van der Waals surface area contributed by atoms with Gasteiger partial charge in [0.1, 0.15) is 6.10 Å². The van der Waals surface area contributed by atoms with E-state index in [0.717, 1.165) is 25.7 Å². The van der Waals surface area contributed by atoms with E-state index in [1.54, 1.807) is 0 Å². The van der Waals surface area contributed by atoms with Gasteiger partial charge in [-0.25, -0.2) is 0 Å². The van der Waals surface area contributed by atoms with Gasteiger partial charge >= 0.3 is 5.97 Å². The van der Waals surface area contributed by atoms with Crippen molar-refractivity contribution in [1.29, 1.82) is 0 Å². The Balaban J connectivity index is 1.99. The molecule has 0 aromatic heterocycles. The number of unbranched alkanes of at least 4 members (excludes halogenated alkanes) is 8. The van der Waals surface area contributed by atoms with E-state index in [-0.39, 0.29) is 12.1 Å². The highest BCUT2D eigenvalue weighted by Gasteiger charge is 2.33.